The van der Waals surface area contributed by atoms with E-state index in [4.69, 9.17) is 16.9 Å². The van der Waals surface area contributed by atoms with Crippen molar-refractivity contribution in [1.82, 2.24) is 0 Å². The number of rotatable bonds is 2. The maximum atomic E-state index is 13.1. The maximum absolute atomic E-state index is 13.1. The van der Waals surface area contributed by atoms with Crippen molar-refractivity contribution in [2.24, 2.45) is 0 Å². The third-order valence-corrected chi connectivity index (χ3v) is 2.84. The quantitative estimate of drug-likeness (QED) is 0.857. The van der Waals surface area contributed by atoms with Gasteiger partial charge in [-0.3, -0.25) is 4.79 Å². The van der Waals surface area contributed by atoms with Crippen molar-refractivity contribution in [1.29, 1.82) is 5.26 Å². The highest BCUT2D eigenvalue weighted by Crippen LogP contribution is 2.21. The van der Waals surface area contributed by atoms with Crippen LogP contribution in [0.5, 0.6) is 0 Å². The molecule has 0 aliphatic rings. The summed E-state index contributed by atoms with van der Waals surface area (Å²) >= 11 is 5.70. The molecular weight excluding hydrogens is 286 g/mol. The first kappa shape index (κ1) is 14.0. The normalized spacial score (nSPS) is 9.90. The number of halogens is 3. The minimum atomic E-state index is -1.15. The molecule has 1 amide bonds. The molecule has 1 N–H and O–H groups in total. The molecule has 2 aromatic carbocycles. The minimum Gasteiger partial charge on any atom is -0.322 e. The monoisotopic (exact) mass is 292 g/mol. The molecule has 0 unspecified atom stereocenters. The van der Waals surface area contributed by atoms with Crippen LogP contribution >= 0.6 is 11.6 Å². The number of benzene rings is 2. The molecule has 6 heteroatoms. The van der Waals surface area contributed by atoms with Gasteiger partial charge in [0.05, 0.1) is 22.2 Å². The lowest BCUT2D eigenvalue weighted by Gasteiger charge is -2.07. The molecule has 0 aromatic heterocycles. The van der Waals surface area contributed by atoms with Crippen LogP contribution < -0.4 is 5.32 Å². The summed E-state index contributed by atoms with van der Waals surface area (Å²) in [5.74, 6) is -2.94. The van der Waals surface area contributed by atoms with Crippen molar-refractivity contribution < 1.29 is 13.6 Å². The van der Waals surface area contributed by atoms with E-state index in [1.54, 1.807) is 0 Å². The summed E-state index contributed by atoms with van der Waals surface area (Å²) in [5, 5.41) is 10.9. The summed E-state index contributed by atoms with van der Waals surface area (Å²) in [6, 6.07) is 9.48. The summed E-state index contributed by atoms with van der Waals surface area (Å²) in [6.07, 6.45) is 0. The van der Waals surface area contributed by atoms with E-state index in [1.807, 2.05) is 6.07 Å². The SMILES string of the molecule is N#Cc1ccc(NC(=O)c2cc(F)c(F)cc2Cl)cc1. The average Bonchev–Trinajstić information content (AvgIpc) is 2.43. The molecule has 2 rings (SSSR count). The Bertz CT molecular complexity index is 708. The van der Waals surface area contributed by atoms with Crippen molar-refractivity contribution >= 4 is 23.2 Å². The third-order valence-electron chi connectivity index (χ3n) is 2.53. The number of amides is 1. The lowest BCUT2D eigenvalue weighted by atomic mass is 10.1. The molecule has 2 aromatic rings. The minimum absolute atomic E-state index is 0.171. The fourth-order valence-electron chi connectivity index (χ4n) is 1.52. The van der Waals surface area contributed by atoms with Gasteiger partial charge in [0.15, 0.2) is 11.6 Å². The molecule has 0 bridgehead atoms. The van der Waals surface area contributed by atoms with Gasteiger partial charge in [-0.1, -0.05) is 11.6 Å². The second kappa shape index (κ2) is 5.68. The van der Waals surface area contributed by atoms with Crippen molar-refractivity contribution in [3.05, 3.63) is 64.2 Å². The van der Waals surface area contributed by atoms with Gasteiger partial charge in [0.25, 0.3) is 5.91 Å². The van der Waals surface area contributed by atoms with Gasteiger partial charge >= 0.3 is 0 Å². The Balaban J connectivity index is 2.24. The second-order valence-corrected chi connectivity index (χ2v) is 4.30. The van der Waals surface area contributed by atoms with Gasteiger partial charge < -0.3 is 5.32 Å². The summed E-state index contributed by atoms with van der Waals surface area (Å²) in [5.41, 5.74) is 0.679. The summed E-state index contributed by atoms with van der Waals surface area (Å²) in [4.78, 5) is 11.9. The standard InChI is InChI=1S/C14H7ClF2N2O/c15-11-6-13(17)12(16)5-10(11)14(20)19-9-3-1-8(7-18)2-4-9/h1-6H,(H,19,20). The number of anilines is 1. The lowest BCUT2D eigenvalue weighted by Crippen LogP contribution is -2.13. The first-order chi connectivity index (χ1) is 9.51. The number of nitriles is 1. The van der Waals surface area contributed by atoms with Crippen LogP contribution in [0.15, 0.2) is 36.4 Å². The molecule has 100 valence electrons. The highest BCUT2D eigenvalue weighted by Gasteiger charge is 2.15. The van der Waals surface area contributed by atoms with Crippen LogP contribution in [0.25, 0.3) is 0 Å². The first-order valence-electron chi connectivity index (χ1n) is 5.47. The summed E-state index contributed by atoms with van der Waals surface area (Å²) in [6.45, 7) is 0. The molecule has 0 heterocycles. The zero-order valence-electron chi connectivity index (χ0n) is 9.95. The number of carbonyl (C=O) groups is 1. The van der Waals surface area contributed by atoms with Crippen molar-refractivity contribution in [2.75, 3.05) is 5.32 Å². The third kappa shape index (κ3) is 2.92. The zero-order chi connectivity index (χ0) is 14.7. The van der Waals surface area contributed by atoms with Gasteiger partial charge in [-0.2, -0.15) is 5.26 Å². The molecular formula is C14H7ClF2N2O. The number of nitrogens with one attached hydrogen (secondary N) is 1. The Morgan fingerprint density at radius 3 is 2.35 bits per heavy atom. The second-order valence-electron chi connectivity index (χ2n) is 3.89. The Morgan fingerprint density at radius 1 is 1.15 bits per heavy atom. The van der Waals surface area contributed by atoms with Gasteiger partial charge in [-0.05, 0) is 36.4 Å². The fraction of sp³-hybridized carbons (Fsp3) is 0. The van der Waals surface area contributed by atoms with Crippen LogP contribution in [0.3, 0.4) is 0 Å². The van der Waals surface area contributed by atoms with Gasteiger partial charge in [0.2, 0.25) is 0 Å². The average molecular weight is 293 g/mol. The molecule has 0 aliphatic heterocycles. The molecule has 0 saturated carbocycles. The molecule has 20 heavy (non-hydrogen) atoms. The maximum Gasteiger partial charge on any atom is 0.257 e. The van der Waals surface area contributed by atoms with E-state index >= 15 is 0 Å². The van der Waals surface area contributed by atoms with Crippen LogP contribution in [-0.4, -0.2) is 5.91 Å². The van der Waals surface area contributed by atoms with E-state index in [9.17, 15) is 13.6 Å². The van der Waals surface area contributed by atoms with E-state index in [-0.39, 0.29) is 10.6 Å². The Kier molecular flexibility index (Phi) is 3.97. The van der Waals surface area contributed by atoms with E-state index in [0.29, 0.717) is 11.3 Å². The molecule has 3 nitrogen and oxygen atoms in total. The van der Waals surface area contributed by atoms with Crippen LogP contribution in [0.2, 0.25) is 5.02 Å². The molecule has 0 fully saturated rings. The van der Waals surface area contributed by atoms with E-state index in [0.717, 1.165) is 12.1 Å². The molecule has 0 saturated heterocycles. The Labute approximate surface area is 118 Å². The van der Waals surface area contributed by atoms with Crippen molar-refractivity contribution in [3.8, 4) is 6.07 Å². The largest absolute Gasteiger partial charge is 0.322 e. The van der Waals surface area contributed by atoms with Crippen molar-refractivity contribution in [3.63, 3.8) is 0 Å². The molecule has 0 radical (unpaired) electrons. The van der Waals surface area contributed by atoms with Crippen LogP contribution in [0.4, 0.5) is 14.5 Å². The number of hydrogen-bond acceptors (Lipinski definition) is 2. The van der Waals surface area contributed by atoms with Gasteiger partial charge in [0, 0.05) is 5.69 Å². The topological polar surface area (TPSA) is 52.9 Å². The van der Waals surface area contributed by atoms with E-state index in [1.165, 1.54) is 24.3 Å². The molecule has 0 atom stereocenters. The highest BCUT2D eigenvalue weighted by atomic mass is 35.5. The highest BCUT2D eigenvalue weighted by molar-refractivity contribution is 6.34. The Morgan fingerprint density at radius 2 is 1.75 bits per heavy atom. The van der Waals surface area contributed by atoms with Crippen molar-refractivity contribution in [2.45, 2.75) is 0 Å². The number of hydrogen-bond donors (Lipinski definition) is 1. The van der Waals surface area contributed by atoms with Crippen LogP contribution in [0.1, 0.15) is 15.9 Å². The lowest BCUT2D eigenvalue weighted by molar-refractivity contribution is 0.102. The van der Waals surface area contributed by atoms with E-state index < -0.39 is 17.5 Å². The Hall–Kier alpha value is -2.45. The van der Waals surface area contributed by atoms with Gasteiger partial charge in [-0.15, -0.1) is 0 Å². The molecule has 0 aliphatic carbocycles. The predicted molar refractivity (Wildman–Crippen MR) is 70.5 cm³/mol. The van der Waals surface area contributed by atoms with Crippen LogP contribution in [0, 0.1) is 23.0 Å². The summed E-state index contributed by atoms with van der Waals surface area (Å²) in [7, 11) is 0. The van der Waals surface area contributed by atoms with E-state index in [2.05, 4.69) is 5.32 Å². The van der Waals surface area contributed by atoms with Gasteiger partial charge in [0.1, 0.15) is 0 Å². The first-order valence-corrected chi connectivity index (χ1v) is 5.85. The predicted octanol–water partition coefficient (Wildman–Crippen LogP) is 3.74. The molecule has 0 spiro atoms. The fourth-order valence-corrected chi connectivity index (χ4v) is 1.76. The zero-order valence-corrected chi connectivity index (χ0v) is 10.7. The van der Waals surface area contributed by atoms with Gasteiger partial charge in [-0.25, -0.2) is 8.78 Å². The summed E-state index contributed by atoms with van der Waals surface area (Å²) < 4.78 is 26.0. The number of nitrogens with zero attached hydrogens (tertiary/aromatic N) is 1. The number of carbonyl (C=O) groups excluding carboxylic acids is 1. The van der Waals surface area contributed by atoms with Crippen LogP contribution in [-0.2, 0) is 0 Å². The smallest absolute Gasteiger partial charge is 0.257 e.